The van der Waals surface area contributed by atoms with Crippen LogP contribution in [0.3, 0.4) is 0 Å². The van der Waals surface area contributed by atoms with Crippen LogP contribution in [0.15, 0.2) is 28.8 Å². The van der Waals surface area contributed by atoms with Gasteiger partial charge in [0, 0.05) is 6.42 Å². The molecule has 5 nitrogen and oxygen atoms in total. The maximum Gasteiger partial charge on any atom is 0.292 e. The number of nitrogen functional groups attached to an aromatic ring is 1. The number of hydrogen-bond acceptors (Lipinski definition) is 5. The number of oxazole rings is 1. The smallest absolute Gasteiger partial charge is 0.292 e. The molecule has 0 spiro atoms. The van der Waals surface area contributed by atoms with E-state index in [-0.39, 0.29) is 6.01 Å². The van der Waals surface area contributed by atoms with Crippen molar-refractivity contribution in [3.8, 4) is 11.5 Å². The molecule has 5 heteroatoms. The third-order valence-electron chi connectivity index (χ3n) is 2.56. The highest BCUT2D eigenvalue weighted by Crippen LogP contribution is 2.31. The Morgan fingerprint density at radius 3 is 2.76 bits per heavy atom. The zero-order valence-electron chi connectivity index (χ0n) is 9.18. The molecule has 2 heterocycles. The number of rotatable bonds is 2. The van der Waals surface area contributed by atoms with Crippen molar-refractivity contribution in [3.63, 3.8) is 0 Å². The predicted octanol–water partition coefficient (Wildman–Crippen LogP) is 1.62. The Balaban J connectivity index is 1.84. The first-order valence-electron chi connectivity index (χ1n) is 5.40. The Hall–Kier alpha value is -2.17. The summed E-state index contributed by atoms with van der Waals surface area (Å²) in [6.07, 6.45) is 2.27. The summed E-state index contributed by atoms with van der Waals surface area (Å²) in [5.74, 6) is 2.30. The summed E-state index contributed by atoms with van der Waals surface area (Å²) in [4.78, 5) is 3.86. The van der Waals surface area contributed by atoms with Crippen LogP contribution < -0.4 is 15.2 Å². The number of nitrogens with two attached hydrogens (primary N) is 1. The second-order valence-electron chi connectivity index (χ2n) is 3.82. The van der Waals surface area contributed by atoms with E-state index in [4.69, 9.17) is 19.6 Å². The summed E-state index contributed by atoms with van der Waals surface area (Å²) in [6, 6.07) is 6.03. The van der Waals surface area contributed by atoms with Crippen LogP contribution >= 0.6 is 0 Å². The minimum atomic E-state index is 0.192. The summed E-state index contributed by atoms with van der Waals surface area (Å²) in [5, 5.41) is 0. The molecule has 0 saturated carbocycles. The fraction of sp³-hybridized carbons (Fsp3) is 0.250. The van der Waals surface area contributed by atoms with Gasteiger partial charge in [-0.3, -0.25) is 0 Å². The zero-order chi connectivity index (χ0) is 11.7. The van der Waals surface area contributed by atoms with Gasteiger partial charge in [0.2, 0.25) is 0 Å². The normalized spacial score (nSPS) is 13.6. The lowest BCUT2D eigenvalue weighted by Crippen LogP contribution is -2.15. The van der Waals surface area contributed by atoms with Crippen LogP contribution in [-0.2, 0) is 6.42 Å². The SMILES string of the molecule is Nc1ncc(Cc2ccc3c(c2)OCCO3)o1. The molecule has 88 valence electrons. The maximum absolute atomic E-state index is 5.51. The van der Waals surface area contributed by atoms with Crippen molar-refractivity contribution >= 4 is 6.01 Å². The molecule has 2 N–H and O–H groups in total. The lowest BCUT2D eigenvalue weighted by atomic mass is 10.1. The van der Waals surface area contributed by atoms with Gasteiger partial charge in [0.05, 0.1) is 6.20 Å². The number of fused-ring (bicyclic) bond motifs is 1. The van der Waals surface area contributed by atoms with Crippen molar-refractivity contribution in [1.29, 1.82) is 0 Å². The van der Waals surface area contributed by atoms with Gasteiger partial charge in [0.15, 0.2) is 11.5 Å². The predicted molar refractivity (Wildman–Crippen MR) is 61.2 cm³/mol. The largest absolute Gasteiger partial charge is 0.486 e. The highest BCUT2D eigenvalue weighted by molar-refractivity contribution is 5.44. The summed E-state index contributed by atoms with van der Waals surface area (Å²) < 4.78 is 16.2. The Morgan fingerprint density at radius 1 is 1.18 bits per heavy atom. The van der Waals surface area contributed by atoms with Crippen LogP contribution in [0.25, 0.3) is 0 Å². The molecule has 0 unspecified atom stereocenters. The minimum absolute atomic E-state index is 0.192. The van der Waals surface area contributed by atoms with Gasteiger partial charge in [-0.25, -0.2) is 4.98 Å². The third kappa shape index (κ3) is 2.04. The van der Waals surface area contributed by atoms with Crippen LogP contribution in [0.4, 0.5) is 6.01 Å². The second kappa shape index (κ2) is 4.01. The van der Waals surface area contributed by atoms with Crippen molar-refractivity contribution in [2.24, 2.45) is 0 Å². The number of ether oxygens (including phenoxy) is 2. The molecule has 3 rings (SSSR count). The monoisotopic (exact) mass is 232 g/mol. The highest BCUT2D eigenvalue weighted by Gasteiger charge is 2.12. The summed E-state index contributed by atoms with van der Waals surface area (Å²) in [5.41, 5.74) is 6.50. The first-order valence-corrected chi connectivity index (χ1v) is 5.40. The molecule has 1 aliphatic heterocycles. The number of hydrogen-bond donors (Lipinski definition) is 1. The van der Waals surface area contributed by atoms with Crippen molar-refractivity contribution in [2.75, 3.05) is 18.9 Å². The Kier molecular flexibility index (Phi) is 2.36. The van der Waals surface area contributed by atoms with Crippen LogP contribution in [0.1, 0.15) is 11.3 Å². The topological polar surface area (TPSA) is 70.5 Å². The lowest BCUT2D eigenvalue weighted by Gasteiger charge is -2.18. The van der Waals surface area contributed by atoms with Gasteiger partial charge in [0.1, 0.15) is 19.0 Å². The van der Waals surface area contributed by atoms with Crippen LogP contribution in [0.2, 0.25) is 0 Å². The second-order valence-corrected chi connectivity index (χ2v) is 3.82. The Morgan fingerprint density at radius 2 is 2.00 bits per heavy atom. The maximum atomic E-state index is 5.51. The number of nitrogens with zero attached hydrogens (tertiary/aromatic N) is 1. The van der Waals surface area contributed by atoms with Gasteiger partial charge in [-0.15, -0.1) is 0 Å². The van der Waals surface area contributed by atoms with Crippen LogP contribution in [0.5, 0.6) is 11.5 Å². The van der Waals surface area contributed by atoms with E-state index < -0.39 is 0 Å². The molecule has 0 atom stereocenters. The average Bonchev–Trinajstić information content (AvgIpc) is 2.75. The molecule has 0 radical (unpaired) electrons. The standard InChI is InChI=1S/C12H12N2O3/c13-12-14-7-9(17-12)5-8-1-2-10-11(6-8)16-4-3-15-10/h1-2,6-7H,3-5H2,(H2,13,14). The molecule has 0 aliphatic carbocycles. The highest BCUT2D eigenvalue weighted by atomic mass is 16.6. The Bertz CT molecular complexity index is 536. The fourth-order valence-corrected chi connectivity index (χ4v) is 1.80. The van der Waals surface area contributed by atoms with Gasteiger partial charge < -0.3 is 19.6 Å². The van der Waals surface area contributed by atoms with Gasteiger partial charge in [-0.1, -0.05) is 6.07 Å². The zero-order valence-corrected chi connectivity index (χ0v) is 9.18. The van der Waals surface area contributed by atoms with E-state index in [1.54, 1.807) is 6.20 Å². The van der Waals surface area contributed by atoms with Crippen molar-refractivity contribution in [1.82, 2.24) is 4.98 Å². The van der Waals surface area contributed by atoms with Gasteiger partial charge in [-0.2, -0.15) is 0 Å². The minimum Gasteiger partial charge on any atom is -0.486 e. The first kappa shape index (κ1) is 10.0. The molecule has 1 aromatic carbocycles. The lowest BCUT2D eigenvalue weighted by molar-refractivity contribution is 0.171. The van der Waals surface area contributed by atoms with Crippen molar-refractivity contribution < 1.29 is 13.9 Å². The van der Waals surface area contributed by atoms with E-state index in [0.29, 0.717) is 19.6 Å². The van der Waals surface area contributed by atoms with Crippen LogP contribution in [0, 0.1) is 0 Å². The van der Waals surface area contributed by atoms with Crippen molar-refractivity contribution in [3.05, 3.63) is 35.7 Å². The molecular weight excluding hydrogens is 220 g/mol. The number of benzene rings is 1. The van der Waals surface area contributed by atoms with E-state index in [1.807, 2.05) is 18.2 Å². The van der Waals surface area contributed by atoms with E-state index in [0.717, 1.165) is 22.8 Å². The van der Waals surface area contributed by atoms with Gasteiger partial charge in [-0.05, 0) is 17.7 Å². The first-order chi connectivity index (χ1) is 8.31. The molecule has 2 aromatic rings. The molecule has 17 heavy (non-hydrogen) atoms. The fourth-order valence-electron chi connectivity index (χ4n) is 1.80. The molecule has 0 bridgehead atoms. The molecule has 1 aromatic heterocycles. The number of anilines is 1. The van der Waals surface area contributed by atoms with Crippen molar-refractivity contribution in [2.45, 2.75) is 6.42 Å². The van der Waals surface area contributed by atoms with Gasteiger partial charge >= 0.3 is 0 Å². The van der Waals surface area contributed by atoms with E-state index in [2.05, 4.69) is 4.98 Å². The quantitative estimate of drug-likeness (QED) is 0.851. The molecular formula is C12H12N2O3. The molecule has 0 fully saturated rings. The molecule has 1 aliphatic rings. The number of aromatic nitrogens is 1. The van der Waals surface area contributed by atoms with E-state index in [9.17, 15) is 0 Å². The Labute approximate surface area is 98.2 Å². The molecule has 0 saturated heterocycles. The molecule has 0 amide bonds. The summed E-state index contributed by atoms with van der Waals surface area (Å²) >= 11 is 0. The van der Waals surface area contributed by atoms with E-state index in [1.165, 1.54) is 0 Å². The summed E-state index contributed by atoms with van der Waals surface area (Å²) in [6.45, 7) is 1.19. The average molecular weight is 232 g/mol. The van der Waals surface area contributed by atoms with Crippen LogP contribution in [-0.4, -0.2) is 18.2 Å². The third-order valence-corrected chi connectivity index (χ3v) is 2.56. The van der Waals surface area contributed by atoms with Gasteiger partial charge in [0.25, 0.3) is 6.01 Å². The summed E-state index contributed by atoms with van der Waals surface area (Å²) in [7, 11) is 0. The van der Waals surface area contributed by atoms with E-state index >= 15 is 0 Å².